The van der Waals surface area contributed by atoms with Gasteiger partial charge in [-0.1, -0.05) is 13.8 Å². The molecule has 0 aliphatic carbocycles. The van der Waals surface area contributed by atoms with Gasteiger partial charge in [-0.2, -0.15) is 0 Å². The predicted octanol–water partition coefficient (Wildman–Crippen LogP) is 2.59. The summed E-state index contributed by atoms with van der Waals surface area (Å²) in [5.41, 5.74) is 1.09. The smallest absolute Gasteiger partial charge is 0.225 e. The lowest BCUT2D eigenvalue weighted by atomic mass is 10.3. The van der Waals surface area contributed by atoms with E-state index in [9.17, 15) is 0 Å². The second kappa shape index (κ2) is 7.05. The summed E-state index contributed by atoms with van der Waals surface area (Å²) in [6.45, 7) is 8.65. The fraction of sp³-hybridized carbons (Fsp3) is 0.467. The van der Waals surface area contributed by atoms with E-state index < -0.39 is 0 Å². The molecule has 5 heteroatoms. The van der Waals surface area contributed by atoms with E-state index in [0.717, 1.165) is 30.4 Å². The molecule has 108 valence electrons. The first kappa shape index (κ1) is 14.5. The molecule has 0 atom stereocenters. The van der Waals surface area contributed by atoms with Crippen LogP contribution in [0.5, 0.6) is 0 Å². The van der Waals surface area contributed by atoms with E-state index in [0.29, 0.717) is 12.6 Å². The predicted molar refractivity (Wildman–Crippen MR) is 79.4 cm³/mol. The summed E-state index contributed by atoms with van der Waals surface area (Å²) in [5, 5.41) is 3.35. The first-order valence-corrected chi connectivity index (χ1v) is 7.00. The van der Waals surface area contributed by atoms with Crippen LogP contribution in [0.1, 0.15) is 32.1 Å². The highest BCUT2D eigenvalue weighted by Crippen LogP contribution is 2.12. The molecule has 2 rings (SSSR count). The van der Waals surface area contributed by atoms with Gasteiger partial charge in [0.15, 0.2) is 0 Å². The zero-order valence-electron chi connectivity index (χ0n) is 12.3. The lowest BCUT2D eigenvalue weighted by molar-refractivity contribution is 0.501. The summed E-state index contributed by atoms with van der Waals surface area (Å²) in [6, 6.07) is 4.31. The maximum Gasteiger partial charge on any atom is 0.225 e. The Morgan fingerprint density at radius 2 is 2.05 bits per heavy atom. The Hall–Kier alpha value is -1.88. The summed E-state index contributed by atoms with van der Waals surface area (Å²) >= 11 is 0. The van der Waals surface area contributed by atoms with Gasteiger partial charge in [0, 0.05) is 37.1 Å². The molecule has 0 aliphatic rings. The van der Waals surface area contributed by atoms with Crippen molar-refractivity contribution in [3.05, 3.63) is 42.1 Å². The average molecular weight is 274 g/mol. The van der Waals surface area contributed by atoms with E-state index in [-0.39, 0.29) is 0 Å². The largest absolute Gasteiger partial charge is 0.467 e. The molecule has 1 N–H and O–H groups in total. The zero-order chi connectivity index (χ0) is 14.4. The quantitative estimate of drug-likeness (QED) is 0.841. The van der Waals surface area contributed by atoms with E-state index in [1.807, 2.05) is 24.5 Å². The van der Waals surface area contributed by atoms with Gasteiger partial charge >= 0.3 is 0 Å². The number of aromatic nitrogens is 2. The molecule has 0 fully saturated rings. The minimum absolute atomic E-state index is 0.459. The number of nitrogens with one attached hydrogen (secondary N) is 1. The van der Waals surface area contributed by atoms with E-state index in [1.165, 1.54) is 0 Å². The Balaban J connectivity index is 1.99. The SMILES string of the molecule is CCN(Cc1ccco1)c1ncc(CNC(C)C)cn1. The molecule has 0 amide bonds. The Labute approximate surface area is 120 Å². The highest BCUT2D eigenvalue weighted by Gasteiger charge is 2.09. The van der Waals surface area contributed by atoms with E-state index in [4.69, 9.17) is 4.42 Å². The highest BCUT2D eigenvalue weighted by molar-refractivity contribution is 5.30. The fourth-order valence-corrected chi connectivity index (χ4v) is 1.84. The van der Waals surface area contributed by atoms with E-state index >= 15 is 0 Å². The topological polar surface area (TPSA) is 54.2 Å². The minimum atomic E-state index is 0.459. The van der Waals surface area contributed by atoms with Gasteiger partial charge in [-0.25, -0.2) is 9.97 Å². The number of anilines is 1. The monoisotopic (exact) mass is 274 g/mol. The van der Waals surface area contributed by atoms with Gasteiger partial charge in [-0.3, -0.25) is 0 Å². The first-order valence-electron chi connectivity index (χ1n) is 7.00. The van der Waals surface area contributed by atoms with Gasteiger partial charge in [-0.15, -0.1) is 0 Å². The molecular weight excluding hydrogens is 252 g/mol. The van der Waals surface area contributed by atoms with Crippen molar-refractivity contribution in [2.24, 2.45) is 0 Å². The fourth-order valence-electron chi connectivity index (χ4n) is 1.84. The molecule has 0 aliphatic heterocycles. The van der Waals surface area contributed by atoms with Gasteiger partial charge in [0.25, 0.3) is 0 Å². The molecule has 2 aromatic heterocycles. The Morgan fingerprint density at radius 1 is 1.30 bits per heavy atom. The van der Waals surface area contributed by atoms with Crippen LogP contribution < -0.4 is 10.2 Å². The van der Waals surface area contributed by atoms with E-state index in [1.54, 1.807) is 6.26 Å². The molecule has 0 saturated carbocycles. The number of rotatable bonds is 7. The Morgan fingerprint density at radius 3 is 2.60 bits per heavy atom. The molecular formula is C15H22N4O. The normalized spacial score (nSPS) is 11.0. The van der Waals surface area contributed by atoms with Crippen molar-refractivity contribution in [1.29, 1.82) is 0 Å². The number of hydrogen-bond acceptors (Lipinski definition) is 5. The molecule has 0 saturated heterocycles. The van der Waals surface area contributed by atoms with Crippen LogP contribution in [0, 0.1) is 0 Å². The number of nitrogens with zero attached hydrogens (tertiary/aromatic N) is 3. The van der Waals surface area contributed by atoms with Crippen LogP contribution in [0.3, 0.4) is 0 Å². The van der Waals surface area contributed by atoms with Crippen LogP contribution in [0.2, 0.25) is 0 Å². The van der Waals surface area contributed by atoms with Crippen molar-refractivity contribution in [2.45, 2.75) is 39.9 Å². The van der Waals surface area contributed by atoms with Crippen LogP contribution >= 0.6 is 0 Å². The molecule has 0 radical (unpaired) electrons. The third-order valence-corrected chi connectivity index (χ3v) is 3.00. The average Bonchev–Trinajstić information content (AvgIpc) is 2.96. The molecule has 2 aromatic rings. The Kier molecular flexibility index (Phi) is 5.12. The second-order valence-electron chi connectivity index (χ2n) is 5.02. The van der Waals surface area contributed by atoms with Crippen LogP contribution in [0.25, 0.3) is 0 Å². The van der Waals surface area contributed by atoms with Crippen LogP contribution in [-0.2, 0) is 13.1 Å². The molecule has 0 spiro atoms. The van der Waals surface area contributed by atoms with Crippen molar-refractivity contribution < 1.29 is 4.42 Å². The molecule has 0 bridgehead atoms. The minimum Gasteiger partial charge on any atom is -0.467 e. The van der Waals surface area contributed by atoms with Gasteiger partial charge < -0.3 is 14.6 Å². The summed E-state index contributed by atoms with van der Waals surface area (Å²) in [5.74, 6) is 1.65. The summed E-state index contributed by atoms with van der Waals surface area (Å²) in [7, 11) is 0. The summed E-state index contributed by atoms with van der Waals surface area (Å²) in [4.78, 5) is 11.0. The van der Waals surface area contributed by atoms with Gasteiger partial charge in [0.05, 0.1) is 12.8 Å². The molecule has 20 heavy (non-hydrogen) atoms. The van der Waals surface area contributed by atoms with Crippen molar-refractivity contribution in [3.63, 3.8) is 0 Å². The third-order valence-electron chi connectivity index (χ3n) is 3.00. The van der Waals surface area contributed by atoms with Crippen LogP contribution in [0.15, 0.2) is 35.2 Å². The number of furan rings is 1. The lowest BCUT2D eigenvalue weighted by Crippen LogP contribution is -2.25. The maximum atomic E-state index is 5.37. The van der Waals surface area contributed by atoms with Gasteiger partial charge in [0.2, 0.25) is 5.95 Å². The first-order chi connectivity index (χ1) is 9.69. The molecule has 5 nitrogen and oxygen atoms in total. The van der Waals surface area contributed by atoms with Gasteiger partial charge in [0.1, 0.15) is 5.76 Å². The molecule has 0 aromatic carbocycles. The summed E-state index contributed by atoms with van der Waals surface area (Å²) < 4.78 is 5.37. The molecule has 2 heterocycles. The highest BCUT2D eigenvalue weighted by atomic mass is 16.3. The standard InChI is InChI=1S/C15H22N4O/c1-4-19(11-14-6-5-7-20-14)15-17-9-13(10-18-15)8-16-12(2)3/h5-7,9-10,12,16H,4,8,11H2,1-3H3. The third kappa shape index (κ3) is 4.06. The lowest BCUT2D eigenvalue weighted by Gasteiger charge is -2.19. The summed E-state index contributed by atoms with van der Waals surface area (Å²) in [6.07, 6.45) is 5.44. The maximum absolute atomic E-state index is 5.37. The van der Waals surface area contributed by atoms with Gasteiger partial charge in [-0.05, 0) is 19.1 Å². The van der Waals surface area contributed by atoms with Crippen molar-refractivity contribution in [2.75, 3.05) is 11.4 Å². The van der Waals surface area contributed by atoms with Crippen molar-refractivity contribution in [1.82, 2.24) is 15.3 Å². The van der Waals surface area contributed by atoms with Crippen LogP contribution in [-0.4, -0.2) is 22.6 Å². The molecule has 0 unspecified atom stereocenters. The zero-order valence-corrected chi connectivity index (χ0v) is 12.3. The van der Waals surface area contributed by atoms with Crippen molar-refractivity contribution in [3.8, 4) is 0 Å². The van der Waals surface area contributed by atoms with Crippen molar-refractivity contribution >= 4 is 5.95 Å². The van der Waals surface area contributed by atoms with E-state index in [2.05, 4.69) is 41.0 Å². The Bertz CT molecular complexity index is 493. The van der Waals surface area contributed by atoms with Crippen LogP contribution in [0.4, 0.5) is 5.95 Å². The number of hydrogen-bond donors (Lipinski definition) is 1. The second-order valence-corrected chi connectivity index (χ2v) is 5.02.